The van der Waals surface area contributed by atoms with Crippen molar-refractivity contribution in [2.75, 3.05) is 43.5 Å². The van der Waals surface area contributed by atoms with Crippen LogP contribution in [0.4, 0.5) is 10.9 Å². The molecule has 0 amide bonds. The molecule has 0 spiro atoms. The summed E-state index contributed by atoms with van der Waals surface area (Å²) in [6, 6.07) is 0. The Kier molecular flexibility index (Phi) is 4.97. The molecule has 28 heavy (non-hydrogen) atoms. The lowest BCUT2D eigenvalue weighted by molar-refractivity contribution is -0.114. The van der Waals surface area contributed by atoms with Crippen LogP contribution >= 0.6 is 11.3 Å². The van der Waals surface area contributed by atoms with Gasteiger partial charge in [-0.3, -0.25) is 9.59 Å². The van der Waals surface area contributed by atoms with Gasteiger partial charge in [0.1, 0.15) is 5.82 Å². The first kappa shape index (κ1) is 18.4. The summed E-state index contributed by atoms with van der Waals surface area (Å²) in [5, 5.41) is 5.27. The van der Waals surface area contributed by atoms with Crippen molar-refractivity contribution in [2.24, 2.45) is 0 Å². The average Bonchev–Trinajstić information content (AvgIpc) is 3.12. The molecule has 0 atom stereocenters. The SMILES string of the molecule is CCOC1=C/C(=C\c2c(N)n3nc(N4CCOCC4)sc3nc2=O)C=CC1=O. The van der Waals surface area contributed by atoms with Gasteiger partial charge in [-0.05, 0) is 30.7 Å². The average molecular weight is 401 g/mol. The highest BCUT2D eigenvalue weighted by molar-refractivity contribution is 7.20. The molecule has 0 saturated carbocycles. The Bertz CT molecular complexity index is 1080. The number of morpholine rings is 1. The Hall–Kier alpha value is -2.98. The highest BCUT2D eigenvalue weighted by Gasteiger charge is 2.19. The van der Waals surface area contributed by atoms with Crippen LogP contribution in [0.5, 0.6) is 0 Å². The molecule has 2 aromatic rings. The molecule has 2 aliphatic rings. The van der Waals surface area contributed by atoms with Gasteiger partial charge in [-0.15, -0.1) is 5.10 Å². The third-order valence-corrected chi connectivity index (χ3v) is 5.31. The number of carbonyl (C=O) groups is 1. The minimum absolute atomic E-state index is 0.204. The molecule has 10 heteroatoms. The van der Waals surface area contributed by atoms with Crippen LogP contribution in [-0.4, -0.2) is 53.3 Å². The summed E-state index contributed by atoms with van der Waals surface area (Å²) in [6.07, 6.45) is 6.18. The Labute approximate surface area is 164 Å². The van der Waals surface area contributed by atoms with E-state index in [1.807, 2.05) is 0 Å². The van der Waals surface area contributed by atoms with Gasteiger partial charge in [-0.25, -0.2) is 0 Å². The first-order valence-corrected chi connectivity index (χ1v) is 9.69. The van der Waals surface area contributed by atoms with E-state index in [4.69, 9.17) is 15.2 Å². The molecular formula is C18H19N5O4S. The van der Waals surface area contributed by atoms with Crippen LogP contribution in [0.1, 0.15) is 12.5 Å². The molecule has 0 radical (unpaired) electrons. The second-order valence-corrected chi connectivity index (χ2v) is 7.11. The number of ether oxygens (including phenoxy) is 2. The number of aromatic nitrogens is 3. The summed E-state index contributed by atoms with van der Waals surface area (Å²) in [5.74, 6) is 0.217. The maximum Gasteiger partial charge on any atom is 0.283 e. The number of nitrogens with two attached hydrogens (primary N) is 1. The van der Waals surface area contributed by atoms with Crippen LogP contribution < -0.4 is 16.2 Å². The highest BCUT2D eigenvalue weighted by atomic mass is 32.1. The number of hydrogen-bond acceptors (Lipinski definition) is 9. The Morgan fingerprint density at radius 1 is 1.32 bits per heavy atom. The topological polar surface area (TPSA) is 112 Å². The Morgan fingerprint density at radius 2 is 2.11 bits per heavy atom. The molecule has 4 rings (SSSR count). The van der Waals surface area contributed by atoms with E-state index in [-0.39, 0.29) is 22.9 Å². The van der Waals surface area contributed by atoms with Gasteiger partial charge in [-0.1, -0.05) is 17.4 Å². The van der Waals surface area contributed by atoms with E-state index >= 15 is 0 Å². The standard InChI is InChI=1S/C18H19N5O4S/c1-2-27-14-10-11(3-4-13(14)24)9-12-15(19)23-17(20-16(12)25)28-18(21-23)22-5-7-26-8-6-22/h3-4,9-10H,2,5-8,19H2,1H3/b11-9-. The number of allylic oxidation sites excluding steroid dienone is 4. The van der Waals surface area contributed by atoms with Crippen LogP contribution in [0.3, 0.4) is 0 Å². The summed E-state index contributed by atoms with van der Waals surface area (Å²) in [6.45, 7) is 4.89. The third kappa shape index (κ3) is 3.43. The number of nitrogen functional groups attached to an aromatic ring is 1. The fraction of sp³-hybridized carbons (Fsp3) is 0.333. The van der Waals surface area contributed by atoms with Crippen molar-refractivity contribution in [3.8, 4) is 0 Å². The predicted molar refractivity (Wildman–Crippen MR) is 106 cm³/mol. The molecule has 1 saturated heterocycles. The van der Waals surface area contributed by atoms with E-state index in [0.29, 0.717) is 30.4 Å². The number of anilines is 2. The van der Waals surface area contributed by atoms with Crippen molar-refractivity contribution >= 4 is 39.1 Å². The second kappa shape index (κ2) is 7.56. The smallest absolute Gasteiger partial charge is 0.283 e. The number of rotatable bonds is 4. The molecule has 1 aliphatic heterocycles. The Balaban J connectivity index is 1.74. The Morgan fingerprint density at radius 3 is 2.86 bits per heavy atom. The number of ketones is 1. The van der Waals surface area contributed by atoms with Gasteiger partial charge in [-0.2, -0.15) is 9.50 Å². The molecule has 2 N–H and O–H groups in total. The summed E-state index contributed by atoms with van der Waals surface area (Å²) in [7, 11) is 0. The molecule has 1 aliphatic carbocycles. The molecule has 0 bridgehead atoms. The van der Waals surface area contributed by atoms with Gasteiger partial charge >= 0.3 is 0 Å². The number of hydrogen-bond donors (Lipinski definition) is 1. The molecule has 2 aromatic heterocycles. The van der Waals surface area contributed by atoms with E-state index < -0.39 is 5.56 Å². The van der Waals surface area contributed by atoms with Gasteiger partial charge < -0.3 is 20.1 Å². The van der Waals surface area contributed by atoms with Crippen LogP contribution in [0, 0.1) is 0 Å². The summed E-state index contributed by atoms with van der Waals surface area (Å²) >= 11 is 1.31. The first-order valence-electron chi connectivity index (χ1n) is 8.87. The van der Waals surface area contributed by atoms with Crippen molar-refractivity contribution in [3.63, 3.8) is 0 Å². The summed E-state index contributed by atoms with van der Waals surface area (Å²) in [5.41, 5.74) is 6.63. The van der Waals surface area contributed by atoms with E-state index in [1.165, 1.54) is 21.9 Å². The highest BCUT2D eigenvalue weighted by Crippen LogP contribution is 2.26. The molecule has 9 nitrogen and oxygen atoms in total. The predicted octanol–water partition coefficient (Wildman–Crippen LogP) is 1.01. The molecule has 0 aromatic carbocycles. The van der Waals surface area contributed by atoms with Gasteiger partial charge in [0.15, 0.2) is 5.76 Å². The lowest BCUT2D eigenvalue weighted by Crippen LogP contribution is -2.36. The van der Waals surface area contributed by atoms with Crippen molar-refractivity contribution < 1.29 is 14.3 Å². The number of nitrogens with zero attached hydrogens (tertiary/aromatic N) is 4. The number of carbonyl (C=O) groups excluding carboxylic acids is 1. The zero-order chi connectivity index (χ0) is 19.7. The molecule has 0 unspecified atom stereocenters. The number of fused-ring (bicyclic) bond motifs is 1. The van der Waals surface area contributed by atoms with Crippen LogP contribution in [-0.2, 0) is 14.3 Å². The quantitative estimate of drug-likeness (QED) is 0.808. The van der Waals surface area contributed by atoms with Gasteiger partial charge in [0, 0.05) is 13.1 Å². The van der Waals surface area contributed by atoms with Crippen molar-refractivity contribution in [2.45, 2.75) is 6.92 Å². The minimum Gasteiger partial charge on any atom is -0.490 e. The lowest BCUT2D eigenvalue weighted by atomic mass is 10.0. The summed E-state index contributed by atoms with van der Waals surface area (Å²) in [4.78, 5) is 31.0. The molecule has 3 heterocycles. The first-order chi connectivity index (χ1) is 13.6. The monoisotopic (exact) mass is 401 g/mol. The maximum absolute atomic E-state index is 12.5. The second-order valence-electron chi connectivity index (χ2n) is 6.18. The molecule has 1 fully saturated rings. The maximum atomic E-state index is 12.5. The van der Waals surface area contributed by atoms with E-state index in [2.05, 4.69) is 15.0 Å². The molecular weight excluding hydrogens is 382 g/mol. The van der Waals surface area contributed by atoms with E-state index in [1.54, 1.807) is 25.2 Å². The van der Waals surface area contributed by atoms with E-state index in [0.717, 1.165) is 18.2 Å². The van der Waals surface area contributed by atoms with Crippen LogP contribution in [0.25, 0.3) is 11.0 Å². The van der Waals surface area contributed by atoms with Gasteiger partial charge in [0.25, 0.3) is 5.56 Å². The molecule has 146 valence electrons. The zero-order valence-corrected chi connectivity index (χ0v) is 16.1. The fourth-order valence-corrected chi connectivity index (χ4v) is 3.89. The van der Waals surface area contributed by atoms with E-state index in [9.17, 15) is 9.59 Å². The third-order valence-electron chi connectivity index (χ3n) is 4.34. The zero-order valence-electron chi connectivity index (χ0n) is 15.3. The minimum atomic E-state index is -0.446. The van der Waals surface area contributed by atoms with Crippen LogP contribution in [0.15, 0.2) is 34.4 Å². The fourth-order valence-electron chi connectivity index (χ4n) is 2.94. The van der Waals surface area contributed by atoms with Gasteiger partial charge in [0.05, 0.1) is 25.4 Å². The largest absolute Gasteiger partial charge is 0.490 e. The van der Waals surface area contributed by atoms with Crippen LogP contribution in [0.2, 0.25) is 0 Å². The summed E-state index contributed by atoms with van der Waals surface area (Å²) < 4.78 is 12.2. The normalized spacial score (nSPS) is 18.8. The van der Waals surface area contributed by atoms with Crippen molar-refractivity contribution in [1.29, 1.82) is 0 Å². The van der Waals surface area contributed by atoms with Crippen molar-refractivity contribution in [1.82, 2.24) is 14.6 Å². The van der Waals surface area contributed by atoms with Crippen molar-refractivity contribution in [3.05, 3.63) is 45.5 Å². The lowest BCUT2D eigenvalue weighted by Gasteiger charge is -2.25. The van der Waals surface area contributed by atoms with Gasteiger partial charge in [0.2, 0.25) is 15.9 Å².